The zero-order chi connectivity index (χ0) is 19.5. The number of furan rings is 1. The maximum atomic E-state index is 12.9. The van der Waals surface area contributed by atoms with E-state index in [1.807, 2.05) is 17.5 Å². The summed E-state index contributed by atoms with van der Waals surface area (Å²) in [5.74, 6) is 0.473. The minimum absolute atomic E-state index is 0.0949. The predicted molar refractivity (Wildman–Crippen MR) is 102 cm³/mol. The lowest BCUT2D eigenvalue weighted by Gasteiger charge is -2.06. The Kier molecular flexibility index (Phi) is 4.68. The largest absolute Gasteiger partial charge is 0.461 e. The van der Waals surface area contributed by atoms with Crippen molar-refractivity contribution in [3.63, 3.8) is 0 Å². The smallest absolute Gasteiger partial charge is 0.281 e. The Morgan fingerprint density at radius 3 is 2.68 bits per heavy atom. The number of hydrogen-bond acceptors (Lipinski definition) is 8. The summed E-state index contributed by atoms with van der Waals surface area (Å²) in [5.41, 5.74) is 0.156. The lowest BCUT2D eigenvalue weighted by molar-refractivity contribution is -0.384. The van der Waals surface area contributed by atoms with Crippen LogP contribution in [0.3, 0.4) is 0 Å². The highest BCUT2D eigenvalue weighted by Crippen LogP contribution is 2.21. The number of nitrogens with one attached hydrogen (secondary N) is 1. The summed E-state index contributed by atoms with van der Waals surface area (Å²) in [6.45, 7) is 0.474. The van der Waals surface area contributed by atoms with E-state index in [-0.39, 0.29) is 23.0 Å². The maximum Gasteiger partial charge on any atom is 0.281 e. The van der Waals surface area contributed by atoms with E-state index in [0.29, 0.717) is 12.3 Å². The molecule has 0 radical (unpaired) electrons. The van der Waals surface area contributed by atoms with Crippen LogP contribution in [0.15, 0.2) is 64.6 Å². The molecule has 0 aliphatic rings. The van der Waals surface area contributed by atoms with Crippen molar-refractivity contribution in [3.8, 4) is 11.6 Å². The molecule has 1 N–H and O–H groups in total. The fourth-order valence-electron chi connectivity index (χ4n) is 2.51. The highest BCUT2D eigenvalue weighted by molar-refractivity contribution is 7.09. The summed E-state index contributed by atoms with van der Waals surface area (Å²) >= 11 is 1.57. The molecule has 0 aliphatic carbocycles. The molecule has 0 atom stereocenters. The normalized spacial score (nSPS) is 10.7. The molecule has 4 rings (SSSR count). The van der Waals surface area contributed by atoms with Gasteiger partial charge < -0.3 is 9.73 Å². The zero-order valence-electron chi connectivity index (χ0n) is 14.3. The summed E-state index contributed by atoms with van der Waals surface area (Å²) in [7, 11) is 0. The summed E-state index contributed by atoms with van der Waals surface area (Å²) in [5, 5.41) is 20.1. The first-order valence-corrected chi connectivity index (χ1v) is 9.06. The first-order chi connectivity index (χ1) is 13.6. The van der Waals surface area contributed by atoms with Crippen molar-refractivity contribution in [1.82, 2.24) is 14.8 Å². The molecule has 1 aromatic carbocycles. The molecule has 0 saturated carbocycles. The van der Waals surface area contributed by atoms with Gasteiger partial charge in [0, 0.05) is 22.6 Å². The van der Waals surface area contributed by atoms with Gasteiger partial charge >= 0.3 is 0 Å². The number of nitro groups is 1. The van der Waals surface area contributed by atoms with Gasteiger partial charge in [-0.05, 0) is 35.7 Å². The molecule has 4 aromatic rings. The number of carbonyl (C=O) groups excluding carboxylic acids is 1. The number of carbonyl (C=O) groups is 1. The molecule has 3 aromatic heterocycles. The molecule has 0 bridgehead atoms. The molecule has 0 aliphatic heterocycles. The van der Waals surface area contributed by atoms with E-state index in [4.69, 9.17) is 4.42 Å². The second-order valence-corrected chi connectivity index (χ2v) is 6.72. The van der Waals surface area contributed by atoms with Crippen LogP contribution in [0.5, 0.6) is 0 Å². The number of rotatable bonds is 6. The Hall–Kier alpha value is -3.79. The van der Waals surface area contributed by atoms with E-state index >= 15 is 0 Å². The van der Waals surface area contributed by atoms with Crippen LogP contribution in [0, 0.1) is 10.1 Å². The van der Waals surface area contributed by atoms with E-state index in [9.17, 15) is 14.9 Å². The fourth-order valence-corrected chi connectivity index (χ4v) is 3.15. The lowest BCUT2D eigenvalue weighted by Crippen LogP contribution is -2.17. The number of non-ortho nitro benzene ring substituents is 1. The molecule has 3 heterocycles. The van der Waals surface area contributed by atoms with Gasteiger partial charge in [0.2, 0.25) is 11.8 Å². The Labute approximate surface area is 162 Å². The van der Waals surface area contributed by atoms with Crippen LogP contribution in [-0.2, 0) is 6.54 Å². The third-order valence-corrected chi connectivity index (χ3v) is 4.74. The van der Waals surface area contributed by atoms with E-state index < -0.39 is 10.8 Å². The number of thiophene rings is 1. The van der Waals surface area contributed by atoms with Crippen molar-refractivity contribution < 1.29 is 14.1 Å². The number of anilines is 1. The van der Waals surface area contributed by atoms with Gasteiger partial charge in [-0.25, -0.2) is 0 Å². The summed E-state index contributed by atoms with van der Waals surface area (Å²) < 4.78 is 6.45. The molecular weight excluding hydrogens is 382 g/mol. The van der Waals surface area contributed by atoms with Crippen molar-refractivity contribution in [2.45, 2.75) is 6.54 Å². The average Bonchev–Trinajstić information content (AvgIpc) is 3.47. The van der Waals surface area contributed by atoms with Crippen molar-refractivity contribution >= 4 is 28.9 Å². The summed E-state index contributed by atoms with van der Waals surface area (Å²) in [4.78, 5) is 28.6. The molecule has 28 heavy (non-hydrogen) atoms. The number of nitrogens with zero attached hydrogens (tertiary/aromatic N) is 4. The standard InChI is InChI=1S/C18H13N5O4S/c24-17(12-5-7-13(8-6-12)23(25)26)22-18(19-11-14-3-2-10-28-14)20-16(21-22)15-4-1-9-27-15/h1-10H,11H2,(H,19,20,21). The first-order valence-electron chi connectivity index (χ1n) is 8.18. The van der Waals surface area contributed by atoms with Gasteiger partial charge in [-0.2, -0.15) is 9.67 Å². The van der Waals surface area contributed by atoms with Crippen LogP contribution < -0.4 is 5.32 Å². The Bertz CT molecular complexity index is 1100. The molecule has 0 spiro atoms. The molecule has 9 nitrogen and oxygen atoms in total. The number of hydrogen-bond donors (Lipinski definition) is 1. The minimum Gasteiger partial charge on any atom is -0.461 e. The van der Waals surface area contributed by atoms with Crippen molar-refractivity contribution in [2.24, 2.45) is 0 Å². The van der Waals surface area contributed by atoms with Crippen molar-refractivity contribution in [2.75, 3.05) is 5.32 Å². The topological polar surface area (TPSA) is 116 Å². The first kappa shape index (κ1) is 17.6. The van der Waals surface area contributed by atoms with Gasteiger partial charge in [0.15, 0.2) is 5.76 Å². The van der Waals surface area contributed by atoms with Crippen LogP contribution in [0.1, 0.15) is 15.2 Å². The van der Waals surface area contributed by atoms with E-state index in [0.717, 1.165) is 9.56 Å². The van der Waals surface area contributed by atoms with Crippen LogP contribution in [-0.4, -0.2) is 25.6 Å². The molecule has 0 fully saturated rings. The second-order valence-electron chi connectivity index (χ2n) is 5.69. The highest BCUT2D eigenvalue weighted by atomic mass is 32.1. The van der Waals surface area contributed by atoms with Crippen molar-refractivity contribution in [1.29, 1.82) is 0 Å². The molecule has 0 saturated heterocycles. The molecular formula is C18H13N5O4S. The van der Waals surface area contributed by atoms with Gasteiger partial charge in [-0.1, -0.05) is 6.07 Å². The number of benzene rings is 1. The van der Waals surface area contributed by atoms with Crippen molar-refractivity contribution in [3.05, 3.63) is 80.7 Å². The van der Waals surface area contributed by atoms with E-state index in [2.05, 4.69) is 15.4 Å². The molecule has 140 valence electrons. The predicted octanol–water partition coefficient (Wildman–Crippen LogP) is 3.81. The van der Waals surface area contributed by atoms with Crippen LogP contribution in [0.4, 0.5) is 11.6 Å². The maximum absolute atomic E-state index is 12.9. The van der Waals surface area contributed by atoms with Crippen LogP contribution in [0.25, 0.3) is 11.6 Å². The monoisotopic (exact) mass is 395 g/mol. The molecule has 10 heteroatoms. The highest BCUT2D eigenvalue weighted by Gasteiger charge is 2.20. The average molecular weight is 395 g/mol. The van der Waals surface area contributed by atoms with Gasteiger partial charge in [0.05, 0.1) is 17.7 Å². The van der Waals surface area contributed by atoms with Gasteiger partial charge in [-0.15, -0.1) is 16.4 Å². The van der Waals surface area contributed by atoms with Gasteiger partial charge in [-0.3, -0.25) is 14.9 Å². The number of nitro benzene ring substituents is 1. The number of aromatic nitrogens is 3. The third-order valence-electron chi connectivity index (χ3n) is 3.87. The Morgan fingerprint density at radius 1 is 1.21 bits per heavy atom. The lowest BCUT2D eigenvalue weighted by atomic mass is 10.2. The third kappa shape index (κ3) is 3.53. The van der Waals surface area contributed by atoms with Gasteiger partial charge in [0.1, 0.15) is 0 Å². The van der Waals surface area contributed by atoms with E-state index in [1.54, 1.807) is 23.5 Å². The quantitative estimate of drug-likeness (QED) is 0.390. The molecule has 0 unspecified atom stereocenters. The summed E-state index contributed by atoms with van der Waals surface area (Å²) in [6, 6.07) is 12.6. The Morgan fingerprint density at radius 2 is 2.04 bits per heavy atom. The van der Waals surface area contributed by atoms with Crippen LogP contribution >= 0.6 is 11.3 Å². The van der Waals surface area contributed by atoms with E-state index in [1.165, 1.54) is 30.5 Å². The van der Waals surface area contributed by atoms with Gasteiger partial charge in [0.25, 0.3) is 11.6 Å². The summed E-state index contributed by atoms with van der Waals surface area (Å²) in [6.07, 6.45) is 1.49. The Balaban J connectivity index is 1.66. The zero-order valence-corrected chi connectivity index (χ0v) is 15.1. The minimum atomic E-state index is -0.521. The second kappa shape index (κ2) is 7.45. The SMILES string of the molecule is O=C(c1ccc([N+](=O)[O-])cc1)n1nc(-c2ccco2)nc1NCc1cccs1. The van der Waals surface area contributed by atoms with Crippen LogP contribution in [0.2, 0.25) is 0 Å². The fraction of sp³-hybridized carbons (Fsp3) is 0.0556. The molecule has 0 amide bonds.